The van der Waals surface area contributed by atoms with Gasteiger partial charge < -0.3 is 10.1 Å². The molecule has 3 rings (SSSR count). The Morgan fingerprint density at radius 3 is 2.52 bits per heavy atom. The molecule has 2 N–H and O–H groups in total. The van der Waals surface area contributed by atoms with Gasteiger partial charge in [0.05, 0.1) is 17.2 Å². The molecule has 0 unspecified atom stereocenters. The van der Waals surface area contributed by atoms with Crippen LogP contribution in [-0.4, -0.2) is 31.9 Å². The molecule has 0 aliphatic heterocycles. The number of aryl methyl sites for hydroxylation is 1. The van der Waals surface area contributed by atoms with Crippen molar-refractivity contribution in [3.8, 4) is 0 Å². The summed E-state index contributed by atoms with van der Waals surface area (Å²) < 4.78 is 32.9. The lowest BCUT2D eigenvalue weighted by molar-refractivity contribution is -0.114. The lowest BCUT2D eigenvalue weighted by Crippen LogP contribution is -2.12. The number of sulfonamides is 1. The molecule has 8 nitrogen and oxygen atoms in total. The SMILES string of the molecule is CCOC(=O)c1sc(NS(=O)(=O)c2ccc3cc(NC(C)=O)ccc3c2)nc1C. The highest BCUT2D eigenvalue weighted by Gasteiger charge is 2.21. The van der Waals surface area contributed by atoms with Gasteiger partial charge >= 0.3 is 5.97 Å². The van der Waals surface area contributed by atoms with Crippen molar-refractivity contribution in [2.24, 2.45) is 0 Å². The van der Waals surface area contributed by atoms with E-state index in [-0.39, 0.29) is 27.4 Å². The van der Waals surface area contributed by atoms with Gasteiger partial charge in [-0.1, -0.05) is 23.5 Å². The van der Waals surface area contributed by atoms with E-state index in [1.54, 1.807) is 38.1 Å². The maximum Gasteiger partial charge on any atom is 0.350 e. The van der Waals surface area contributed by atoms with Gasteiger partial charge in [-0.15, -0.1) is 0 Å². The number of carbonyl (C=O) groups excluding carboxylic acids is 2. The summed E-state index contributed by atoms with van der Waals surface area (Å²) in [6.07, 6.45) is 0. The van der Waals surface area contributed by atoms with Gasteiger partial charge in [0.2, 0.25) is 5.91 Å². The van der Waals surface area contributed by atoms with Crippen LogP contribution in [-0.2, 0) is 19.6 Å². The summed E-state index contributed by atoms with van der Waals surface area (Å²) in [6, 6.07) is 9.84. The molecular weight excluding hydrogens is 414 g/mol. The Hall–Kier alpha value is -2.98. The third-order valence-electron chi connectivity index (χ3n) is 3.92. The van der Waals surface area contributed by atoms with E-state index in [4.69, 9.17) is 4.74 Å². The maximum atomic E-state index is 12.8. The van der Waals surface area contributed by atoms with Gasteiger partial charge in [-0.3, -0.25) is 9.52 Å². The van der Waals surface area contributed by atoms with Crippen molar-refractivity contribution in [1.82, 2.24) is 4.98 Å². The Morgan fingerprint density at radius 1 is 1.14 bits per heavy atom. The number of anilines is 2. The van der Waals surface area contributed by atoms with Crippen LogP contribution in [0, 0.1) is 6.92 Å². The molecule has 0 bridgehead atoms. The molecule has 0 aliphatic carbocycles. The van der Waals surface area contributed by atoms with Gasteiger partial charge in [-0.05, 0) is 48.9 Å². The van der Waals surface area contributed by atoms with E-state index in [2.05, 4.69) is 15.0 Å². The Bertz CT molecular complexity index is 1200. The largest absolute Gasteiger partial charge is 0.462 e. The number of nitrogens with zero attached hydrogens (tertiary/aromatic N) is 1. The minimum atomic E-state index is -3.90. The zero-order valence-electron chi connectivity index (χ0n) is 16.0. The van der Waals surface area contributed by atoms with Crippen LogP contribution in [0.2, 0.25) is 0 Å². The summed E-state index contributed by atoms with van der Waals surface area (Å²) >= 11 is 0.924. The molecular formula is C19H19N3O5S2. The van der Waals surface area contributed by atoms with Crippen molar-refractivity contribution in [3.63, 3.8) is 0 Å². The molecule has 0 saturated heterocycles. The molecule has 0 atom stereocenters. The van der Waals surface area contributed by atoms with Gasteiger partial charge in [0.1, 0.15) is 4.88 Å². The van der Waals surface area contributed by atoms with Crippen LogP contribution in [0.1, 0.15) is 29.2 Å². The number of thiazole rings is 1. The summed E-state index contributed by atoms with van der Waals surface area (Å²) in [5.41, 5.74) is 1.03. The van der Waals surface area contributed by atoms with Crippen molar-refractivity contribution in [2.45, 2.75) is 25.7 Å². The molecule has 3 aromatic rings. The van der Waals surface area contributed by atoms with E-state index in [1.165, 1.54) is 19.1 Å². The quantitative estimate of drug-likeness (QED) is 0.575. The fraction of sp³-hybridized carbons (Fsp3) is 0.211. The average molecular weight is 434 g/mol. The van der Waals surface area contributed by atoms with Crippen LogP contribution in [0.3, 0.4) is 0 Å². The molecule has 152 valence electrons. The first kappa shape index (κ1) is 20.7. The van der Waals surface area contributed by atoms with E-state index in [1.807, 2.05) is 0 Å². The first-order valence-electron chi connectivity index (χ1n) is 8.68. The second-order valence-corrected chi connectivity index (χ2v) is 8.85. The predicted octanol–water partition coefficient (Wildman–Crippen LogP) is 3.54. The molecule has 29 heavy (non-hydrogen) atoms. The molecule has 0 radical (unpaired) electrons. The Labute approximate surface area is 172 Å². The molecule has 1 amide bonds. The molecule has 0 saturated carbocycles. The standard InChI is InChI=1S/C19H19N3O5S2/c1-4-27-18(24)17-11(2)20-19(28-17)22-29(25,26)16-8-6-13-9-15(21-12(3)23)7-5-14(13)10-16/h5-10H,4H2,1-3H3,(H,20,22)(H,21,23). The summed E-state index contributed by atoms with van der Waals surface area (Å²) in [5.74, 6) is -0.720. The van der Waals surface area contributed by atoms with Crippen molar-refractivity contribution < 1.29 is 22.7 Å². The van der Waals surface area contributed by atoms with E-state index in [9.17, 15) is 18.0 Å². The molecule has 1 aromatic heterocycles. The Balaban J connectivity index is 1.87. The zero-order chi connectivity index (χ0) is 21.2. The van der Waals surface area contributed by atoms with Crippen LogP contribution in [0.25, 0.3) is 10.8 Å². The van der Waals surface area contributed by atoms with Gasteiger partial charge in [0, 0.05) is 12.6 Å². The Kier molecular flexibility index (Phi) is 5.85. The van der Waals surface area contributed by atoms with Crippen LogP contribution in [0.15, 0.2) is 41.3 Å². The van der Waals surface area contributed by atoms with E-state index < -0.39 is 16.0 Å². The molecule has 0 spiro atoms. The molecule has 0 fully saturated rings. The van der Waals surface area contributed by atoms with Gasteiger partial charge in [-0.2, -0.15) is 0 Å². The summed E-state index contributed by atoms with van der Waals surface area (Å²) in [7, 11) is -3.90. The number of aromatic nitrogens is 1. The van der Waals surface area contributed by atoms with Crippen molar-refractivity contribution in [2.75, 3.05) is 16.6 Å². The van der Waals surface area contributed by atoms with Gasteiger partial charge in [0.25, 0.3) is 10.0 Å². The molecule has 1 heterocycles. The number of amides is 1. The number of fused-ring (bicyclic) bond motifs is 1. The summed E-state index contributed by atoms with van der Waals surface area (Å²) in [5, 5.41) is 4.26. The minimum Gasteiger partial charge on any atom is -0.462 e. The number of rotatable bonds is 6. The second kappa shape index (κ2) is 8.18. The van der Waals surface area contributed by atoms with Gasteiger partial charge in [0.15, 0.2) is 5.13 Å². The highest BCUT2D eigenvalue weighted by atomic mass is 32.2. The number of hydrogen-bond acceptors (Lipinski definition) is 7. The highest BCUT2D eigenvalue weighted by Crippen LogP contribution is 2.27. The number of nitrogens with one attached hydrogen (secondary N) is 2. The zero-order valence-corrected chi connectivity index (χ0v) is 17.6. The predicted molar refractivity (Wildman–Crippen MR) is 112 cm³/mol. The molecule has 10 heteroatoms. The lowest BCUT2D eigenvalue weighted by Gasteiger charge is -2.08. The first-order chi connectivity index (χ1) is 13.7. The third kappa shape index (κ3) is 4.72. The number of ether oxygens (including phenoxy) is 1. The second-order valence-electron chi connectivity index (χ2n) is 6.16. The summed E-state index contributed by atoms with van der Waals surface area (Å²) in [6.45, 7) is 4.94. The maximum absolute atomic E-state index is 12.8. The monoisotopic (exact) mass is 433 g/mol. The number of hydrogen-bond donors (Lipinski definition) is 2. The third-order valence-corrected chi connectivity index (χ3v) is 6.44. The minimum absolute atomic E-state index is 0.0582. The van der Waals surface area contributed by atoms with Crippen LogP contribution in [0.4, 0.5) is 10.8 Å². The topological polar surface area (TPSA) is 114 Å². The van der Waals surface area contributed by atoms with Crippen LogP contribution in [0.5, 0.6) is 0 Å². The fourth-order valence-electron chi connectivity index (χ4n) is 2.67. The number of carbonyl (C=O) groups is 2. The Morgan fingerprint density at radius 2 is 1.83 bits per heavy atom. The summed E-state index contributed by atoms with van der Waals surface area (Å²) in [4.78, 5) is 27.5. The average Bonchev–Trinajstić information content (AvgIpc) is 3.00. The van der Waals surface area contributed by atoms with Crippen LogP contribution >= 0.6 is 11.3 Å². The molecule has 0 aliphatic rings. The van der Waals surface area contributed by atoms with E-state index >= 15 is 0 Å². The smallest absolute Gasteiger partial charge is 0.350 e. The van der Waals surface area contributed by atoms with Crippen molar-refractivity contribution in [1.29, 1.82) is 0 Å². The van der Waals surface area contributed by atoms with Gasteiger partial charge in [-0.25, -0.2) is 18.2 Å². The highest BCUT2D eigenvalue weighted by molar-refractivity contribution is 7.93. The first-order valence-corrected chi connectivity index (χ1v) is 11.0. The van der Waals surface area contributed by atoms with Crippen LogP contribution < -0.4 is 10.0 Å². The number of esters is 1. The fourth-order valence-corrected chi connectivity index (χ4v) is 4.80. The van der Waals surface area contributed by atoms with E-state index in [0.717, 1.165) is 16.7 Å². The molecule has 2 aromatic carbocycles. The van der Waals surface area contributed by atoms with Crippen molar-refractivity contribution in [3.05, 3.63) is 47.0 Å². The normalized spacial score (nSPS) is 11.3. The van der Waals surface area contributed by atoms with E-state index in [0.29, 0.717) is 16.8 Å². The van der Waals surface area contributed by atoms with Crippen molar-refractivity contribution >= 4 is 54.8 Å². The lowest BCUT2D eigenvalue weighted by atomic mass is 10.1. The number of benzene rings is 2.